The number of aromatic nitrogens is 2. The summed E-state index contributed by atoms with van der Waals surface area (Å²) in [6.07, 6.45) is 6.69. The number of rotatable bonds is 5. The average Bonchev–Trinajstić information content (AvgIpc) is 2.92. The van der Waals surface area contributed by atoms with E-state index >= 15 is 0 Å². The van der Waals surface area contributed by atoms with E-state index in [0.29, 0.717) is 19.4 Å². The second kappa shape index (κ2) is 6.54. The Morgan fingerprint density at radius 2 is 2.10 bits per heavy atom. The highest BCUT2D eigenvalue weighted by atomic mass is 16.4. The van der Waals surface area contributed by atoms with Crippen molar-refractivity contribution in [1.82, 2.24) is 15.1 Å². The van der Waals surface area contributed by atoms with Crippen molar-refractivity contribution >= 4 is 11.9 Å². The van der Waals surface area contributed by atoms with Gasteiger partial charge < -0.3 is 10.4 Å². The van der Waals surface area contributed by atoms with Crippen molar-refractivity contribution in [2.45, 2.75) is 45.7 Å². The van der Waals surface area contributed by atoms with Gasteiger partial charge in [0.15, 0.2) is 0 Å². The number of hydrogen-bond donors (Lipinski definition) is 2. The molecule has 0 radical (unpaired) electrons. The molecule has 6 nitrogen and oxygen atoms in total. The molecule has 0 aliphatic heterocycles. The Kier molecular flexibility index (Phi) is 4.76. The molecule has 1 heterocycles. The quantitative estimate of drug-likeness (QED) is 0.853. The van der Waals surface area contributed by atoms with Crippen molar-refractivity contribution in [3.05, 3.63) is 18.0 Å². The molecule has 20 heavy (non-hydrogen) atoms. The zero-order valence-corrected chi connectivity index (χ0v) is 11.7. The van der Waals surface area contributed by atoms with E-state index in [-0.39, 0.29) is 5.91 Å². The molecule has 0 spiro atoms. The van der Waals surface area contributed by atoms with Crippen LogP contribution in [0.1, 0.15) is 38.2 Å². The first-order valence-corrected chi connectivity index (χ1v) is 7.13. The second-order valence-corrected chi connectivity index (χ2v) is 5.26. The van der Waals surface area contributed by atoms with Crippen LogP contribution < -0.4 is 5.32 Å². The first-order chi connectivity index (χ1) is 9.61. The van der Waals surface area contributed by atoms with E-state index in [4.69, 9.17) is 0 Å². The molecule has 2 N–H and O–H groups in total. The van der Waals surface area contributed by atoms with E-state index in [1.807, 2.05) is 13.1 Å². The van der Waals surface area contributed by atoms with Gasteiger partial charge in [-0.1, -0.05) is 12.8 Å². The Balaban J connectivity index is 1.91. The van der Waals surface area contributed by atoms with Gasteiger partial charge >= 0.3 is 5.97 Å². The van der Waals surface area contributed by atoms with Crippen molar-refractivity contribution in [2.24, 2.45) is 11.8 Å². The van der Waals surface area contributed by atoms with Gasteiger partial charge in [0.2, 0.25) is 5.91 Å². The van der Waals surface area contributed by atoms with Gasteiger partial charge in [-0.15, -0.1) is 0 Å². The number of aliphatic carboxylic acids is 1. The molecule has 6 heteroatoms. The predicted molar refractivity (Wildman–Crippen MR) is 72.8 cm³/mol. The van der Waals surface area contributed by atoms with Crippen LogP contribution in [0, 0.1) is 11.8 Å². The highest BCUT2D eigenvalue weighted by molar-refractivity contribution is 5.84. The molecule has 2 atom stereocenters. The predicted octanol–water partition coefficient (Wildman–Crippen LogP) is 1.41. The third kappa shape index (κ3) is 3.37. The highest BCUT2D eigenvalue weighted by Crippen LogP contribution is 2.30. The van der Waals surface area contributed by atoms with Crippen LogP contribution in [-0.4, -0.2) is 26.8 Å². The first kappa shape index (κ1) is 14.6. The zero-order valence-electron chi connectivity index (χ0n) is 11.7. The molecule has 0 aromatic carbocycles. The molecule has 1 aromatic heterocycles. The van der Waals surface area contributed by atoms with Gasteiger partial charge in [-0.05, 0) is 19.8 Å². The smallest absolute Gasteiger partial charge is 0.307 e. The first-order valence-electron chi connectivity index (χ1n) is 7.13. The number of nitrogens with zero attached hydrogens (tertiary/aromatic N) is 2. The maximum atomic E-state index is 12.2. The van der Waals surface area contributed by atoms with Crippen LogP contribution in [0.15, 0.2) is 12.4 Å². The summed E-state index contributed by atoms with van der Waals surface area (Å²) >= 11 is 0. The van der Waals surface area contributed by atoms with Crippen LogP contribution in [0.25, 0.3) is 0 Å². The maximum absolute atomic E-state index is 12.2. The number of aryl methyl sites for hydroxylation is 1. The molecule has 1 amide bonds. The van der Waals surface area contributed by atoms with Crippen molar-refractivity contribution in [3.63, 3.8) is 0 Å². The number of carbonyl (C=O) groups is 2. The Labute approximate surface area is 118 Å². The molecule has 0 bridgehead atoms. The summed E-state index contributed by atoms with van der Waals surface area (Å²) in [5, 5.41) is 16.2. The van der Waals surface area contributed by atoms with Gasteiger partial charge in [0.05, 0.1) is 18.0 Å². The lowest BCUT2D eigenvalue weighted by atomic mass is 9.78. The molecule has 1 aliphatic carbocycles. The normalized spacial score (nSPS) is 22.4. The van der Waals surface area contributed by atoms with Crippen LogP contribution in [0.5, 0.6) is 0 Å². The standard InChI is InChI=1S/C14H21N3O3/c1-2-17-9-10(8-16-17)7-15-13(18)11-5-3-4-6-12(11)14(19)20/h8-9,11-12H,2-7H2,1H3,(H,15,18)(H,19,20)/t11-,12-/m1/s1. The number of carboxylic acids is 1. The lowest BCUT2D eigenvalue weighted by Gasteiger charge is -2.27. The van der Waals surface area contributed by atoms with E-state index < -0.39 is 17.8 Å². The van der Waals surface area contributed by atoms with Gasteiger partial charge in [0.1, 0.15) is 0 Å². The molecule has 110 valence electrons. The fraction of sp³-hybridized carbons (Fsp3) is 0.643. The monoisotopic (exact) mass is 279 g/mol. The molecular weight excluding hydrogens is 258 g/mol. The molecule has 1 aromatic rings. The minimum Gasteiger partial charge on any atom is -0.481 e. The van der Waals surface area contributed by atoms with Gasteiger partial charge in [-0.2, -0.15) is 5.10 Å². The molecule has 1 fully saturated rings. The Morgan fingerprint density at radius 3 is 2.70 bits per heavy atom. The third-order valence-corrected chi connectivity index (χ3v) is 3.90. The van der Waals surface area contributed by atoms with Crippen LogP contribution in [0.2, 0.25) is 0 Å². The average molecular weight is 279 g/mol. The summed E-state index contributed by atoms with van der Waals surface area (Å²) in [6.45, 7) is 3.19. The van der Waals surface area contributed by atoms with E-state index in [1.165, 1.54) is 0 Å². The van der Waals surface area contributed by atoms with Crippen molar-refractivity contribution in [1.29, 1.82) is 0 Å². The van der Waals surface area contributed by atoms with E-state index in [1.54, 1.807) is 10.9 Å². The SMILES string of the molecule is CCn1cc(CNC(=O)[C@@H]2CCCC[C@H]2C(=O)O)cn1. The topological polar surface area (TPSA) is 84.2 Å². The van der Waals surface area contributed by atoms with Crippen molar-refractivity contribution in [3.8, 4) is 0 Å². The third-order valence-electron chi connectivity index (χ3n) is 3.90. The van der Waals surface area contributed by atoms with E-state index in [9.17, 15) is 14.7 Å². The number of nitrogens with one attached hydrogen (secondary N) is 1. The summed E-state index contributed by atoms with van der Waals surface area (Å²) in [4.78, 5) is 23.4. The van der Waals surface area contributed by atoms with Crippen molar-refractivity contribution in [2.75, 3.05) is 0 Å². The molecule has 1 saturated carbocycles. The molecule has 0 saturated heterocycles. The molecular formula is C14H21N3O3. The van der Waals surface area contributed by atoms with Gasteiger partial charge in [-0.3, -0.25) is 14.3 Å². The fourth-order valence-electron chi connectivity index (χ4n) is 2.73. The van der Waals surface area contributed by atoms with Crippen LogP contribution in [0.4, 0.5) is 0 Å². The van der Waals surface area contributed by atoms with Crippen molar-refractivity contribution < 1.29 is 14.7 Å². The maximum Gasteiger partial charge on any atom is 0.307 e. The molecule has 1 aliphatic rings. The Bertz CT molecular complexity index is 484. The number of carboxylic acid groups (broad SMARTS) is 1. The van der Waals surface area contributed by atoms with Gasteiger partial charge in [0, 0.05) is 24.8 Å². The second-order valence-electron chi connectivity index (χ2n) is 5.26. The minimum atomic E-state index is -0.858. The van der Waals surface area contributed by atoms with Gasteiger partial charge in [-0.25, -0.2) is 0 Å². The molecule has 2 rings (SSSR count). The fourth-order valence-corrected chi connectivity index (χ4v) is 2.73. The number of carbonyl (C=O) groups excluding carboxylic acids is 1. The van der Waals surface area contributed by atoms with E-state index in [0.717, 1.165) is 24.9 Å². The van der Waals surface area contributed by atoms with Crippen LogP contribution >= 0.6 is 0 Å². The van der Waals surface area contributed by atoms with E-state index in [2.05, 4.69) is 10.4 Å². The van der Waals surface area contributed by atoms with Crippen LogP contribution in [-0.2, 0) is 22.7 Å². The minimum absolute atomic E-state index is 0.152. The summed E-state index contributed by atoms with van der Waals surface area (Å²) in [6, 6.07) is 0. The largest absolute Gasteiger partial charge is 0.481 e. The zero-order chi connectivity index (χ0) is 14.5. The lowest BCUT2D eigenvalue weighted by molar-refractivity contribution is -0.148. The summed E-state index contributed by atoms with van der Waals surface area (Å²) in [5.74, 6) is -1.95. The van der Waals surface area contributed by atoms with Crippen LogP contribution in [0.3, 0.4) is 0 Å². The number of hydrogen-bond acceptors (Lipinski definition) is 3. The van der Waals surface area contributed by atoms with Gasteiger partial charge in [0.25, 0.3) is 0 Å². The Hall–Kier alpha value is -1.85. The lowest BCUT2D eigenvalue weighted by Crippen LogP contribution is -2.39. The summed E-state index contributed by atoms with van der Waals surface area (Å²) < 4.78 is 1.79. The summed E-state index contributed by atoms with van der Waals surface area (Å²) in [5.41, 5.74) is 0.933. The highest BCUT2D eigenvalue weighted by Gasteiger charge is 2.35. The number of amides is 1. The Morgan fingerprint density at radius 1 is 1.40 bits per heavy atom. The summed E-state index contributed by atoms with van der Waals surface area (Å²) in [7, 11) is 0. The molecule has 0 unspecified atom stereocenters.